The van der Waals surface area contributed by atoms with Crippen LogP contribution in [0.15, 0.2) is 110 Å². The molecule has 0 radical (unpaired) electrons. The van der Waals surface area contributed by atoms with Gasteiger partial charge in [-0.3, -0.25) is 0 Å². The van der Waals surface area contributed by atoms with Gasteiger partial charge in [0.1, 0.15) is 17.2 Å². The summed E-state index contributed by atoms with van der Waals surface area (Å²) in [5, 5.41) is 14.9. The SMILES string of the molecule is COc1ccc(-c2ccn([BH-](n3ccc(-c4ccc(OC)cc4)n3)n3ccc(-c4ccc(OC)cc4)n3)n2)cc1. The first-order valence-electron chi connectivity index (χ1n) is 12.9. The average Bonchev–Trinajstić information content (AvgIpc) is 3.80. The summed E-state index contributed by atoms with van der Waals surface area (Å²) in [4.78, 5) is 0. The lowest BCUT2D eigenvalue weighted by Crippen LogP contribution is -2.42. The second kappa shape index (κ2) is 10.9. The molecule has 3 aromatic carbocycles. The largest absolute Gasteiger partial charge is 0.497 e. The van der Waals surface area contributed by atoms with Crippen molar-refractivity contribution in [2.45, 2.75) is 0 Å². The van der Waals surface area contributed by atoms with Crippen molar-refractivity contribution in [2.75, 3.05) is 21.3 Å². The van der Waals surface area contributed by atoms with E-state index in [0.29, 0.717) is 0 Å². The van der Waals surface area contributed by atoms with Crippen molar-refractivity contribution in [1.82, 2.24) is 29.1 Å². The first-order chi connectivity index (χ1) is 19.6. The van der Waals surface area contributed by atoms with Gasteiger partial charge in [-0.2, -0.15) is 0 Å². The molecule has 6 rings (SSSR count). The van der Waals surface area contributed by atoms with Crippen molar-refractivity contribution in [2.24, 2.45) is 0 Å². The molecule has 0 unspecified atom stereocenters. The van der Waals surface area contributed by atoms with Gasteiger partial charge in [-0.05, 0) is 110 Å². The minimum Gasteiger partial charge on any atom is -0.497 e. The third-order valence-electron chi connectivity index (χ3n) is 6.95. The first kappa shape index (κ1) is 25.1. The van der Waals surface area contributed by atoms with Crippen LogP contribution in [0.25, 0.3) is 33.8 Å². The van der Waals surface area contributed by atoms with Crippen molar-refractivity contribution in [3.05, 3.63) is 110 Å². The van der Waals surface area contributed by atoms with Crippen LogP contribution in [0.1, 0.15) is 0 Å². The van der Waals surface area contributed by atoms with Crippen molar-refractivity contribution >= 4 is 7.12 Å². The maximum absolute atomic E-state index is 5.31. The van der Waals surface area contributed by atoms with E-state index in [1.165, 1.54) is 0 Å². The minimum atomic E-state index is -1.59. The zero-order valence-corrected chi connectivity index (χ0v) is 22.5. The molecule has 0 aliphatic carbocycles. The van der Waals surface area contributed by atoms with Gasteiger partial charge in [0.25, 0.3) is 0 Å². The van der Waals surface area contributed by atoms with E-state index >= 15 is 0 Å². The number of rotatable bonds is 9. The van der Waals surface area contributed by atoms with E-state index in [1.54, 1.807) is 21.3 Å². The van der Waals surface area contributed by atoms with E-state index in [4.69, 9.17) is 29.5 Å². The van der Waals surface area contributed by atoms with Gasteiger partial charge < -0.3 is 28.0 Å². The van der Waals surface area contributed by atoms with Crippen molar-refractivity contribution in [1.29, 1.82) is 0 Å². The molecule has 0 amide bonds. The van der Waals surface area contributed by atoms with Crippen LogP contribution in [0.2, 0.25) is 0 Å². The number of hydrogen-bond donors (Lipinski definition) is 0. The van der Waals surface area contributed by atoms with E-state index in [9.17, 15) is 0 Å². The second-order valence-electron chi connectivity index (χ2n) is 9.33. The van der Waals surface area contributed by atoms with Crippen LogP contribution < -0.4 is 14.2 Å². The van der Waals surface area contributed by atoms with E-state index in [-0.39, 0.29) is 0 Å². The molecular weight excluding hydrogens is 503 g/mol. The van der Waals surface area contributed by atoms with Gasteiger partial charge in [0, 0.05) is 16.7 Å². The quantitative estimate of drug-likeness (QED) is 0.245. The van der Waals surface area contributed by atoms with Crippen molar-refractivity contribution in [3.8, 4) is 51.0 Å². The first-order valence-corrected chi connectivity index (χ1v) is 12.9. The molecule has 0 saturated carbocycles. The second-order valence-corrected chi connectivity index (χ2v) is 9.33. The fourth-order valence-electron chi connectivity index (χ4n) is 4.75. The fraction of sp³-hybridized carbons (Fsp3) is 0.100. The summed E-state index contributed by atoms with van der Waals surface area (Å²) >= 11 is 0. The zero-order valence-electron chi connectivity index (χ0n) is 22.5. The Hall–Kier alpha value is -5.25. The van der Waals surface area contributed by atoms with Crippen LogP contribution in [0.4, 0.5) is 0 Å². The number of ether oxygens (including phenoxy) is 3. The highest BCUT2D eigenvalue weighted by Crippen LogP contribution is 2.24. The smallest absolute Gasteiger partial charge is 0.326 e. The van der Waals surface area contributed by atoms with Crippen LogP contribution in [0, 0.1) is 0 Å². The molecule has 0 aliphatic rings. The highest BCUT2D eigenvalue weighted by atomic mass is 16.5. The molecule has 3 heterocycles. The molecule has 0 N–H and O–H groups in total. The maximum Gasteiger partial charge on any atom is 0.326 e. The lowest BCUT2D eigenvalue weighted by Gasteiger charge is -2.26. The topological polar surface area (TPSA) is 81.2 Å². The van der Waals surface area contributed by atoms with E-state index in [0.717, 1.165) is 51.0 Å². The van der Waals surface area contributed by atoms with Crippen molar-refractivity contribution < 1.29 is 14.2 Å². The summed E-state index contributed by atoms with van der Waals surface area (Å²) in [6.45, 7) is 0. The predicted octanol–water partition coefficient (Wildman–Crippen LogP) is 4.96. The summed E-state index contributed by atoms with van der Waals surface area (Å²) in [7, 11) is 3.39. The molecule has 0 spiro atoms. The summed E-state index contributed by atoms with van der Waals surface area (Å²) in [6, 6.07) is 29.6. The third-order valence-corrected chi connectivity index (χ3v) is 6.95. The Bertz CT molecular complexity index is 1500. The van der Waals surface area contributed by atoms with Gasteiger partial charge in [0.05, 0.1) is 38.4 Å². The van der Waals surface area contributed by atoms with Gasteiger partial charge in [-0.25, -0.2) is 15.3 Å². The molecule has 6 aromatic rings. The number of methoxy groups -OCH3 is 3. The lowest BCUT2D eigenvalue weighted by atomic mass is 9.96. The monoisotopic (exact) mass is 531 g/mol. The van der Waals surface area contributed by atoms with E-state index in [1.807, 2.05) is 123 Å². The molecule has 9 nitrogen and oxygen atoms in total. The Morgan fingerprint density at radius 3 is 0.950 bits per heavy atom. The normalized spacial score (nSPS) is 11.1. The maximum atomic E-state index is 5.31. The molecule has 0 aliphatic heterocycles. The van der Waals surface area contributed by atoms with Crippen LogP contribution in [0.5, 0.6) is 17.2 Å². The summed E-state index contributed by atoms with van der Waals surface area (Å²) in [5.74, 6) is 2.41. The Labute approximate surface area is 232 Å². The summed E-state index contributed by atoms with van der Waals surface area (Å²) < 4.78 is 21.7. The molecule has 0 bridgehead atoms. The number of nitrogens with zero attached hydrogens (tertiary/aromatic N) is 6. The van der Waals surface area contributed by atoms with Crippen LogP contribution in [-0.2, 0) is 0 Å². The molecule has 0 atom stereocenters. The number of aromatic nitrogens is 6. The molecule has 10 heteroatoms. The Morgan fingerprint density at radius 2 is 0.700 bits per heavy atom. The minimum absolute atomic E-state index is 0.803. The molecule has 40 heavy (non-hydrogen) atoms. The molecular formula is C30H28BN6O3-. The van der Waals surface area contributed by atoms with Crippen molar-refractivity contribution in [3.63, 3.8) is 0 Å². The lowest BCUT2D eigenvalue weighted by molar-refractivity contribution is 0.415. The zero-order chi connectivity index (χ0) is 27.5. The number of benzene rings is 3. The van der Waals surface area contributed by atoms with Crippen LogP contribution in [-0.4, -0.2) is 57.5 Å². The van der Waals surface area contributed by atoms with E-state index in [2.05, 4.69) is 0 Å². The summed E-state index contributed by atoms with van der Waals surface area (Å²) in [6.07, 6.45) is 5.93. The van der Waals surface area contributed by atoms with Crippen LogP contribution in [0.3, 0.4) is 0 Å². The summed E-state index contributed by atoms with van der Waals surface area (Å²) in [5.41, 5.74) is 5.55. The predicted molar refractivity (Wildman–Crippen MR) is 156 cm³/mol. The Morgan fingerprint density at radius 1 is 0.425 bits per heavy atom. The Balaban J connectivity index is 1.38. The van der Waals surface area contributed by atoms with Gasteiger partial charge in [-0.1, -0.05) is 0 Å². The third kappa shape index (κ3) is 4.94. The Kier molecular flexibility index (Phi) is 6.80. The van der Waals surface area contributed by atoms with Gasteiger partial charge in [0.15, 0.2) is 0 Å². The molecule has 200 valence electrons. The van der Waals surface area contributed by atoms with Gasteiger partial charge >= 0.3 is 7.12 Å². The highest BCUT2D eigenvalue weighted by Gasteiger charge is 2.17. The highest BCUT2D eigenvalue weighted by molar-refractivity contribution is 6.52. The fourth-order valence-corrected chi connectivity index (χ4v) is 4.75. The van der Waals surface area contributed by atoms with Crippen LogP contribution >= 0.6 is 0 Å². The van der Waals surface area contributed by atoms with Gasteiger partial charge in [-0.15, -0.1) is 0 Å². The standard InChI is InChI=1S/C30H28BN6O3/c1-38-25-10-4-22(5-11-25)28-16-19-35(32-28)31(36-20-17-29(33-36)23-6-12-26(39-2)13-7-23)37-21-18-30(34-37)24-8-14-27(40-3)15-9-24/h4-21,31H,1-3H3/q-1. The van der Waals surface area contributed by atoms with Gasteiger partial charge in [0.2, 0.25) is 0 Å². The molecule has 3 aromatic heterocycles. The molecule has 0 saturated heterocycles. The average molecular weight is 531 g/mol. The van der Waals surface area contributed by atoms with E-state index < -0.39 is 7.12 Å². The number of hydrogen-bond acceptors (Lipinski definition) is 6. The molecule has 0 fully saturated rings.